The second-order valence-electron chi connectivity index (χ2n) is 10.2. The maximum absolute atomic E-state index is 12.2. The Morgan fingerprint density at radius 3 is 2.76 bits per heavy atom. The van der Waals surface area contributed by atoms with Gasteiger partial charge in [0.25, 0.3) is 0 Å². The van der Waals surface area contributed by atoms with Crippen molar-refractivity contribution in [2.24, 2.45) is 11.3 Å². The van der Waals surface area contributed by atoms with Crippen molar-refractivity contribution in [3.63, 3.8) is 0 Å². The number of likely N-dealkylation sites (N-methyl/N-ethyl adjacent to an activating group) is 1. The molecule has 5 rings (SSSR count). The van der Waals surface area contributed by atoms with Crippen molar-refractivity contribution in [1.29, 1.82) is 0 Å². The number of hydrogen-bond donors (Lipinski definition) is 0. The molecule has 4 heteroatoms. The van der Waals surface area contributed by atoms with Gasteiger partial charge in [0.2, 0.25) is 6.79 Å². The van der Waals surface area contributed by atoms with Crippen molar-refractivity contribution in [1.82, 2.24) is 4.90 Å². The van der Waals surface area contributed by atoms with E-state index < -0.39 is 0 Å². The van der Waals surface area contributed by atoms with Gasteiger partial charge in [0.1, 0.15) is 5.75 Å². The minimum absolute atomic E-state index is 0.0315. The minimum Gasteiger partial charge on any atom is -0.457 e. The Hall–Kier alpha value is -1.55. The molecule has 0 unspecified atom stereocenters. The molecule has 0 spiro atoms. The zero-order valence-corrected chi connectivity index (χ0v) is 18.0. The number of fused-ring (bicyclic) bond motifs is 1. The molecule has 3 fully saturated rings. The first-order valence-electron chi connectivity index (χ1n) is 11.7. The van der Waals surface area contributed by atoms with E-state index >= 15 is 0 Å². The van der Waals surface area contributed by atoms with Crippen LogP contribution in [0.25, 0.3) is 0 Å². The van der Waals surface area contributed by atoms with E-state index in [4.69, 9.17) is 9.47 Å². The first kappa shape index (κ1) is 19.4. The van der Waals surface area contributed by atoms with Crippen LogP contribution in [0, 0.1) is 11.3 Å². The summed E-state index contributed by atoms with van der Waals surface area (Å²) < 4.78 is 11.3. The fourth-order valence-electron chi connectivity index (χ4n) is 7.22. The molecule has 29 heavy (non-hydrogen) atoms. The number of likely N-dealkylation sites (tertiary alicyclic amines) is 1. The number of hydrogen-bond acceptors (Lipinski definition) is 4. The monoisotopic (exact) mass is 397 g/mol. The number of nitrogens with zero attached hydrogens (tertiary/aromatic N) is 1. The Morgan fingerprint density at radius 2 is 1.93 bits per heavy atom. The lowest BCUT2D eigenvalue weighted by molar-refractivity contribution is -0.155. The zero-order chi connectivity index (χ0) is 20.1. The Labute approximate surface area is 174 Å². The van der Waals surface area contributed by atoms with E-state index in [9.17, 15) is 4.79 Å². The Bertz CT molecular complexity index is 786. The highest BCUT2D eigenvalue weighted by Crippen LogP contribution is 2.62. The lowest BCUT2D eigenvalue weighted by Crippen LogP contribution is -2.66. The predicted molar refractivity (Wildman–Crippen MR) is 113 cm³/mol. The highest BCUT2D eigenvalue weighted by Gasteiger charge is 2.60. The molecule has 158 valence electrons. The van der Waals surface area contributed by atoms with Crippen molar-refractivity contribution in [2.45, 2.75) is 82.6 Å². The number of esters is 1. The van der Waals surface area contributed by atoms with Crippen LogP contribution in [0.3, 0.4) is 0 Å². The molecule has 2 bridgehead atoms. The molecular weight excluding hydrogens is 362 g/mol. The van der Waals surface area contributed by atoms with Gasteiger partial charge in [-0.3, -0.25) is 4.79 Å². The third kappa shape index (κ3) is 3.01. The summed E-state index contributed by atoms with van der Waals surface area (Å²) in [6.45, 7) is 3.76. The summed E-state index contributed by atoms with van der Waals surface area (Å²) in [7, 11) is 2.32. The summed E-state index contributed by atoms with van der Waals surface area (Å²) in [4.78, 5) is 14.8. The van der Waals surface area contributed by atoms with Crippen LogP contribution < -0.4 is 4.74 Å². The third-order valence-corrected chi connectivity index (χ3v) is 8.93. The van der Waals surface area contributed by atoms with E-state index in [1.807, 2.05) is 0 Å². The number of piperidine rings is 1. The topological polar surface area (TPSA) is 38.8 Å². The number of rotatable bonds is 4. The summed E-state index contributed by atoms with van der Waals surface area (Å²) in [6, 6.07) is 7.26. The molecule has 0 amide bonds. The van der Waals surface area contributed by atoms with Crippen LogP contribution in [0.4, 0.5) is 0 Å². The summed E-state index contributed by atoms with van der Waals surface area (Å²) in [6.07, 6.45) is 11.9. The minimum atomic E-state index is -0.0860. The fraction of sp³-hybridized carbons (Fsp3) is 0.720. The van der Waals surface area contributed by atoms with E-state index in [-0.39, 0.29) is 24.1 Å². The largest absolute Gasteiger partial charge is 0.457 e. The van der Waals surface area contributed by atoms with Gasteiger partial charge in [0.15, 0.2) is 0 Å². The number of ether oxygens (including phenoxy) is 2. The molecule has 0 N–H and O–H groups in total. The molecular formula is C25H35NO3. The van der Waals surface area contributed by atoms with Crippen LogP contribution in [-0.4, -0.2) is 37.3 Å². The predicted octanol–water partition coefficient (Wildman–Crippen LogP) is 4.83. The fourth-order valence-corrected chi connectivity index (χ4v) is 7.22. The van der Waals surface area contributed by atoms with Crippen LogP contribution in [0.5, 0.6) is 5.75 Å². The molecule has 1 aromatic rings. The average Bonchev–Trinajstić information content (AvgIpc) is 3.26. The van der Waals surface area contributed by atoms with Gasteiger partial charge in [-0.1, -0.05) is 38.7 Å². The van der Waals surface area contributed by atoms with Crippen LogP contribution in [0.1, 0.15) is 75.8 Å². The quantitative estimate of drug-likeness (QED) is 0.539. The molecule has 4 aliphatic rings. The Kier molecular flexibility index (Phi) is 4.89. The smallest absolute Gasteiger partial charge is 0.311 e. The van der Waals surface area contributed by atoms with Gasteiger partial charge in [0.05, 0.1) is 5.92 Å². The van der Waals surface area contributed by atoms with Gasteiger partial charge in [-0.2, -0.15) is 0 Å². The van der Waals surface area contributed by atoms with E-state index in [0.29, 0.717) is 11.5 Å². The normalized spacial score (nSPS) is 34.3. The number of carbonyl (C=O) groups excluding carboxylic acids is 1. The van der Waals surface area contributed by atoms with Gasteiger partial charge < -0.3 is 14.4 Å². The van der Waals surface area contributed by atoms with E-state index in [1.54, 1.807) is 0 Å². The van der Waals surface area contributed by atoms with Gasteiger partial charge in [-0.15, -0.1) is 0 Å². The SMILES string of the molecule is CN1CC[C@@]23CCCC[C@]2(C)[C@@H]1Cc1ccc(OCOC(=O)C2CCCC2)cc13. The number of carbonyl (C=O) groups is 1. The number of benzene rings is 1. The second-order valence-corrected chi connectivity index (χ2v) is 10.2. The highest BCUT2D eigenvalue weighted by atomic mass is 16.7. The molecule has 1 saturated heterocycles. The van der Waals surface area contributed by atoms with Gasteiger partial charge in [0, 0.05) is 11.5 Å². The van der Waals surface area contributed by atoms with Crippen LogP contribution in [-0.2, 0) is 21.4 Å². The summed E-state index contributed by atoms with van der Waals surface area (Å²) >= 11 is 0. The van der Waals surface area contributed by atoms with Gasteiger partial charge in [-0.05, 0) is 80.8 Å². The second kappa shape index (κ2) is 7.30. The Morgan fingerprint density at radius 1 is 1.14 bits per heavy atom. The van der Waals surface area contributed by atoms with Crippen LogP contribution in [0.2, 0.25) is 0 Å². The zero-order valence-electron chi connectivity index (χ0n) is 18.0. The molecule has 1 aliphatic heterocycles. The van der Waals surface area contributed by atoms with Gasteiger partial charge in [-0.25, -0.2) is 0 Å². The van der Waals surface area contributed by atoms with Crippen LogP contribution >= 0.6 is 0 Å². The van der Waals surface area contributed by atoms with E-state index in [1.165, 1.54) is 49.8 Å². The van der Waals surface area contributed by atoms with Gasteiger partial charge >= 0.3 is 5.97 Å². The first-order chi connectivity index (χ1) is 14.0. The molecule has 3 aliphatic carbocycles. The van der Waals surface area contributed by atoms with Crippen molar-refractivity contribution < 1.29 is 14.3 Å². The molecule has 0 radical (unpaired) electrons. The average molecular weight is 398 g/mol. The molecule has 4 nitrogen and oxygen atoms in total. The Balaban J connectivity index is 1.37. The maximum Gasteiger partial charge on any atom is 0.311 e. The third-order valence-electron chi connectivity index (χ3n) is 8.93. The highest BCUT2D eigenvalue weighted by molar-refractivity contribution is 5.72. The van der Waals surface area contributed by atoms with Crippen LogP contribution in [0.15, 0.2) is 18.2 Å². The maximum atomic E-state index is 12.2. The molecule has 2 saturated carbocycles. The molecule has 0 aromatic heterocycles. The summed E-state index contributed by atoms with van der Waals surface area (Å²) in [5.41, 5.74) is 3.63. The van der Waals surface area contributed by atoms with Crippen molar-refractivity contribution in [3.05, 3.63) is 29.3 Å². The summed E-state index contributed by atoms with van der Waals surface area (Å²) in [5, 5.41) is 0. The standard InChI is InChI=1S/C25H35NO3/c1-24-11-5-6-12-25(24)13-14-26(2)22(24)15-19-9-10-20(16-21(19)25)28-17-29-23(27)18-7-3-4-8-18/h9-10,16,18,22H,3-8,11-15,17H2,1-2H3/t22-,24+,25+/m0/s1. The molecule has 1 aromatic carbocycles. The van der Waals surface area contributed by atoms with Crippen molar-refractivity contribution in [3.8, 4) is 5.75 Å². The van der Waals surface area contributed by atoms with Crippen molar-refractivity contribution >= 4 is 5.97 Å². The van der Waals surface area contributed by atoms with Crippen molar-refractivity contribution in [2.75, 3.05) is 20.4 Å². The first-order valence-corrected chi connectivity index (χ1v) is 11.7. The van der Waals surface area contributed by atoms with E-state index in [2.05, 4.69) is 37.1 Å². The lowest BCUT2D eigenvalue weighted by Gasteiger charge is -2.65. The molecule has 1 heterocycles. The van der Waals surface area contributed by atoms with E-state index in [0.717, 1.165) is 37.9 Å². The molecule has 3 atom stereocenters. The lowest BCUT2D eigenvalue weighted by atomic mass is 9.45. The summed E-state index contributed by atoms with van der Waals surface area (Å²) in [5.74, 6) is 0.847.